The summed E-state index contributed by atoms with van der Waals surface area (Å²) in [4.78, 5) is 11.7. The molecule has 0 radical (unpaired) electrons. The maximum atomic E-state index is 11.7. The van der Waals surface area contributed by atoms with Gasteiger partial charge in [-0.2, -0.15) is 0 Å². The Kier molecular flexibility index (Phi) is 2.91. The van der Waals surface area contributed by atoms with Gasteiger partial charge in [-0.05, 0) is 26.0 Å². The molecule has 1 unspecified atom stereocenters. The van der Waals surface area contributed by atoms with Gasteiger partial charge in [0.15, 0.2) is 17.4 Å². The Morgan fingerprint density at radius 2 is 1.71 bits per heavy atom. The highest BCUT2D eigenvalue weighted by Crippen LogP contribution is 2.43. The summed E-state index contributed by atoms with van der Waals surface area (Å²) in [5.74, 6) is 0.202. The van der Waals surface area contributed by atoms with Crippen molar-refractivity contribution in [2.75, 3.05) is 7.11 Å². The first-order valence-corrected chi connectivity index (χ1v) is 6.35. The highest BCUT2D eigenvalue weighted by Gasteiger charge is 2.29. The van der Waals surface area contributed by atoms with Crippen molar-refractivity contribution in [2.24, 2.45) is 0 Å². The fourth-order valence-corrected chi connectivity index (χ4v) is 2.53. The molecule has 2 heterocycles. The summed E-state index contributed by atoms with van der Waals surface area (Å²) in [5, 5.41) is 21.3. The van der Waals surface area contributed by atoms with Gasteiger partial charge in [0, 0.05) is 10.9 Å². The third-order valence-electron chi connectivity index (χ3n) is 3.41. The number of phenolic OH excluding ortho intramolecular Hbond substituents is 1. The first-order valence-electron chi connectivity index (χ1n) is 6.35. The number of hydrogen-bond acceptors (Lipinski definition) is 6. The number of furan rings is 2. The van der Waals surface area contributed by atoms with Crippen LogP contribution >= 0.6 is 0 Å². The molecule has 3 rings (SSSR count). The van der Waals surface area contributed by atoms with Crippen LogP contribution in [-0.4, -0.2) is 23.3 Å². The molecule has 1 aromatic carbocycles. The molecule has 0 saturated carbocycles. The minimum Gasteiger partial charge on any atom is -0.504 e. The van der Waals surface area contributed by atoms with Crippen LogP contribution in [0.4, 0.5) is 0 Å². The first kappa shape index (κ1) is 13.5. The van der Waals surface area contributed by atoms with Crippen LogP contribution in [0, 0.1) is 13.8 Å². The summed E-state index contributed by atoms with van der Waals surface area (Å²) in [6.45, 7) is 3.42. The fourth-order valence-electron chi connectivity index (χ4n) is 2.53. The summed E-state index contributed by atoms with van der Waals surface area (Å²) >= 11 is 0. The molecule has 0 fully saturated rings. The third kappa shape index (κ3) is 1.87. The Bertz CT molecular complexity index is 796. The van der Waals surface area contributed by atoms with E-state index in [9.17, 15) is 15.0 Å². The van der Waals surface area contributed by atoms with Crippen LogP contribution in [0.15, 0.2) is 21.0 Å². The van der Waals surface area contributed by atoms with E-state index in [1.807, 2.05) is 0 Å². The number of carbonyl (C=O) groups excluding carboxylic acids is 1. The van der Waals surface area contributed by atoms with Crippen molar-refractivity contribution in [2.45, 2.75) is 20.0 Å². The zero-order valence-electron chi connectivity index (χ0n) is 11.8. The highest BCUT2D eigenvalue weighted by atomic mass is 16.5. The van der Waals surface area contributed by atoms with Crippen LogP contribution in [-0.2, 0) is 9.53 Å². The van der Waals surface area contributed by atoms with Gasteiger partial charge in [-0.25, -0.2) is 4.79 Å². The average Bonchev–Trinajstić information content (AvgIpc) is 3.01. The van der Waals surface area contributed by atoms with Crippen LogP contribution in [0.5, 0.6) is 5.75 Å². The summed E-state index contributed by atoms with van der Waals surface area (Å²) in [6, 6.07) is 3.25. The maximum Gasteiger partial charge on any atom is 0.339 e. The van der Waals surface area contributed by atoms with Crippen molar-refractivity contribution in [1.29, 1.82) is 0 Å². The topological polar surface area (TPSA) is 93.0 Å². The molecule has 0 amide bonds. The number of esters is 1. The standard InChI is InChI=1S/C15H14O6/c1-6-4-8-10(12(17)15(18)19-3)13-9(5-7(2)20-13)11(16)14(8)21-6/h4-5,12,16-17H,1-3H3. The van der Waals surface area contributed by atoms with Crippen molar-refractivity contribution in [3.63, 3.8) is 0 Å². The lowest BCUT2D eigenvalue weighted by Gasteiger charge is -2.11. The average molecular weight is 290 g/mol. The van der Waals surface area contributed by atoms with E-state index in [0.717, 1.165) is 0 Å². The van der Waals surface area contributed by atoms with Crippen LogP contribution in [0.1, 0.15) is 23.2 Å². The summed E-state index contributed by atoms with van der Waals surface area (Å²) in [7, 11) is 1.19. The molecule has 6 nitrogen and oxygen atoms in total. The second-order valence-corrected chi connectivity index (χ2v) is 4.89. The number of aromatic hydroxyl groups is 1. The molecule has 6 heteroatoms. The summed E-state index contributed by atoms with van der Waals surface area (Å²) in [5.41, 5.74) is 0.685. The van der Waals surface area contributed by atoms with Crippen molar-refractivity contribution in [3.8, 4) is 5.75 Å². The monoisotopic (exact) mass is 290 g/mol. The molecule has 0 spiro atoms. The summed E-state index contributed by atoms with van der Waals surface area (Å²) in [6.07, 6.45) is -1.52. The van der Waals surface area contributed by atoms with Crippen molar-refractivity contribution >= 4 is 27.9 Å². The number of ether oxygens (including phenoxy) is 1. The molecule has 1 atom stereocenters. The lowest BCUT2D eigenvalue weighted by atomic mass is 10.0. The van der Waals surface area contributed by atoms with E-state index in [-0.39, 0.29) is 22.5 Å². The van der Waals surface area contributed by atoms with Gasteiger partial charge in [0.25, 0.3) is 0 Å². The molecule has 2 N–H and O–H groups in total. The number of phenols is 1. The maximum absolute atomic E-state index is 11.7. The van der Waals surface area contributed by atoms with E-state index in [2.05, 4.69) is 4.74 Å². The second-order valence-electron chi connectivity index (χ2n) is 4.89. The highest BCUT2D eigenvalue weighted by molar-refractivity contribution is 6.06. The fraction of sp³-hybridized carbons (Fsp3) is 0.267. The van der Waals surface area contributed by atoms with Gasteiger partial charge < -0.3 is 23.8 Å². The van der Waals surface area contributed by atoms with E-state index >= 15 is 0 Å². The Morgan fingerprint density at radius 3 is 2.33 bits per heavy atom. The van der Waals surface area contributed by atoms with Crippen molar-refractivity contribution in [1.82, 2.24) is 0 Å². The lowest BCUT2D eigenvalue weighted by Crippen LogP contribution is -2.14. The Hall–Kier alpha value is -2.47. The molecule has 0 aliphatic rings. The SMILES string of the molecule is COC(=O)C(O)c1c2cc(C)oc2c(O)c2cc(C)oc12. The lowest BCUT2D eigenvalue weighted by molar-refractivity contribution is -0.150. The Balaban J connectivity index is 2.47. The number of carbonyl (C=O) groups is 1. The predicted octanol–water partition coefficient (Wildman–Crippen LogP) is 2.71. The first-order chi connectivity index (χ1) is 9.93. The van der Waals surface area contributed by atoms with Gasteiger partial charge >= 0.3 is 5.97 Å². The number of aliphatic hydroxyl groups excluding tert-OH is 1. The van der Waals surface area contributed by atoms with Crippen LogP contribution in [0.3, 0.4) is 0 Å². The number of methoxy groups -OCH3 is 1. The molecule has 3 aromatic rings. The van der Waals surface area contributed by atoms with E-state index < -0.39 is 12.1 Å². The van der Waals surface area contributed by atoms with Crippen molar-refractivity contribution < 1.29 is 28.6 Å². The summed E-state index contributed by atoms with van der Waals surface area (Å²) < 4.78 is 15.6. The minimum atomic E-state index is -1.52. The predicted molar refractivity (Wildman–Crippen MR) is 74.1 cm³/mol. The minimum absolute atomic E-state index is 0.0780. The number of hydrogen-bond donors (Lipinski definition) is 2. The van der Waals surface area contributed by atoms with Crippen LogP contribution < -0.4 is 0 Å². The van der Waals surface area contributed by atoms with Gasteiger partial charge in [-0.15, -0.1) is 0 Å². The quantitative estimate of drug-likeness (QED) is 0.705. The largest absolute Gasteiger partial charge is 0.504 e. The van der Waals surface area contributed by atoms with Crippen LogP contribution in [0.25, 0.3) is 21.9 Å². The van der Waals surface area contributed by atoms with Gasteiger partial charge in [-0.3, -0.25) is 0 Å². The van der Waals surface area contributed by atoms with E-state index in [0.29, 0.717) is 22.3 Å². The van der Waals surface area contributed by atoms with E-state index in [4.69, 9.17) is 8.83 Å². The number of aliphatic hydroxyl groups is 1. The molecule has 21 heavy (non-hydrogen) atoms. The second kappa shape index (κ2) is 4.53. The molecule has 0 aliphatic carbocycles. The van der Waals surface area contributed by atoms with Gasteiger partial charge in [-0.1, -0.05) is 0 Å². The van der Waals surface area contributed by atoms with Gasteiger partial charge in [0.1, 0.15) is 17.1 Å². The van der Waals surface area contributed by atoms with Crippen molar-refractivity contribution in [3.05, 3.63) is 29.2 Å². The molecular weight excluding hydrogens is 276 g/mol. The van der Waals surface area contributed by atoms with E-state index in [1.165, 1.54) is 7.11 Å². The smallest absolute Gasteiger partial charge is 0.339 e. The van der Waals surface area contributed by atoms with Gasteiger partial charge in [0.05, 0.1) is 12.5 Å². The normalized spacial score (nSPS) is 13.0. The Morgan fingerprint density at radius 1 is 1.14 bits per heavy atom. The number of fused-ring (bicyclic) bond motifs is 2. The molecule has 0 bridgehead atoms. The molecule has 0 saturated heterocycles. The number of benzene rings is 1. The molecule has 110 valence electrons. The number of aryl methyl sites for hydroxylation is 2. The zero-order valence-corrected chi connectivity index (χ0v) is 11.8. The van der Waals surface area contributed by atoms with Gasteiger partial charge in [0.2, 0.25) is 0 Å². The molecule has 2 aromatic heterocycles. The molecular formula is C15H14O6. The Labute approximate surface area is 119 Å². The molecule has 0 aliphatic heterocycles. The zero-order chi connectivity index (χ0) is 15.3. The van der Waals surface area contributed by atoms with E-state index in [1.54, 1.807) is 26.0 Å². The number of rotatable bonds is 2. The third-order valence-corrected chi connectivity index (χ3v) is 3.41. The van der Waals surface area contributed by atoms with Crippen LogP contribution in [0.2, 0.25) is 0 Å².